The van der Waals surface area contributed by atoms with Gasteiger partial charge >= 0.3 is 16.5 Å². The molecule has 0 aromatic rings. The highest BCUT2D eigenvalue weighted by Gasteiger charge is 2.30. The standard InChI is InChI=1S/C5H12O7P2/c6-13(7)11-3-5-4(1-2-10-5)12-14(8)9/h4-5,13-14H,1-3H2,(H,6,7)(H,8,9). The first-order chi connectivity index (χ1) is 6.59. The van der Waals surface area contributed by atoms with Gasteiger partial charge in [-0.25, -0.2) is 0 Å². The van der Waals surface area contributed by atoms with Crippen molar-refractivity contribution in [2.75, 3.05) is 13.2 Å². The van der Waals surface area contributed by atoms with Gasteiger partial charge in [-0.2, -0.15) is 0 Å². The van der Waals surface area contributed by atoms with Crippen molar-refractivity contribution in [2.45, 2.75) is 18.6 Å². The van der Waals surface area contributed by atoms with Crippen molar-refractivity contribution >= 4 is 16.5 Å². The van der Waals surface area contributed by atoms with Gasteiger partial charge < -0.3 is 23.6 Å². The van der Waals surface area contributed by atoms with E-state index in [-0.39, 0.29) is 6.61 Å². The SMILES string of the molecule is O=[PH](O)OCC1OCCC1O[PH](=O)O. The van der Waals surface area contributed by atoms with E-state index in [1.165, 1.54) is 0 Å². The van der Waals surface area contributed by atoms with Gasteiger partial charge in [-0.05, 0) is 0 Å². The lowest BCUT2D eigenvalue weighted by Gasteiger charge is -2.16. The summed E-state index contributed by atoms with van der Waals surface area (Å²) >= 11 is 0. The van der Waals surface area contributed by atoms with E-state index in [9.17, 15) is 9.13 Å². The number of ether oxygens (including phenoxy) is 1. The van der Waals surface area contributed by atoms with Crippen molar-refractivity contribution < 1.29 is 32.7 Å². The van der Waals surface area contributed by atoms with Crippen LogP contribution >= 0.6 is 16.5 Å². The highest BCUT2D eigenvalue weighted by Crippen LogP contribution is 2.28. The highest BCUT2D eigenvalue weighted by molar-refractivity contribution is 7.32. The van der Waals surface area contributed by atoms with Gasteiger partial charge in [0.15, 0.2) is 0 Å². The maximum atomic E-state index is 10.4. The molecular weight excluding hydrogens is 234 g/mol. The van der Waals surface area contributed by atoms with Crippen LogP contribution in [0.5, 0.6) is 0 Å². The fourth-order valence-electron chi connectivity index (χ4n) is 1.20. The minimum absolute atomic E-state index is 0.103. The van der Waals surface area contributed by atoms with Crippen molar-refractivity contribution in [3.05, 3.63) is 0 Å². The van der Waals surface area contributed by atoms with Crippen LogP contribution < -0.4 is 0 Å². The van der Waals surface area contributed by atoms with E-state index >= 15 is 0 Å². The molecule has 14 heavy (non-hydrogen) atoms. The maximum Gasteiger partial charge on any atom is 0.316 e. The summed E-state index contributed by atoms with van der Waals surface area (Å²) in [5, 5.41) is 0. The second-order valence-corrected chi connectivity index (χ2v) is 4.29. The van der Waals surface area contributed by atoms with Crippen LogP contribution in [0.25, 0.3) is 0 Å². The molecule has 2 N–H and O–H groups in total. The maximum absolute atomic E-state index is 10.4. The van der Waals surface area contributed by atoms with Crippen LogP contribution in [0.3, 0.4) is 0 Å². The summed E-state index contributed by atoms with van der Waals surface area (Å²) in [7, 11) is -6.00. The monoisotopic (exact) mass is 246 g/mol. The van der Waals surface area contributed by atoms with E-state index in [2.05, 4.69) is 9.05 Å². The van der Waals surface area contributed by atoms with Crippen LogP contribution in [0, 0.1) is 0 Å². The molecule has 0 aliphatic carbocycles. The van der Waals surface area contributed by atoms with E-state index in [1.54, 1.807) is 0 Å². The summed E-state index contributed by atoms with van der Waals surface area (Å²) in [6.45, 7) is 0.286. The average Bonchev–Trinajstić information content (AvgIpc) is 2.47. The largest absolute Gasteiger partial charge is 0.373 e. The molecule has 0 bridgehead atoms. The van der Waals surface area contributed by atoms with Gasteiger partial charge in [-0.1, -0.05) is 0 Å². The summed E-state index contributed by atoms with van der Waals surface area (Å²) in [6.07, 6.45) is -0.595. The summed E-state index contributed by atoms with van der Waals surface area (Å²) in [5.74, 6) is 0. The zero-order chi connectivity index (χ0) is 10.6. The van der Waals surface area contributed by atoms with Gasteiger partial charge in [-0.3, -0.25) is 9.13 Å². The number of rotatable bonds is 5. The Bertz CT molecular complexity index is 232. The Labute approximate surface area is 81.9 Å². The van der Waals surface area contributed by atoms with Gasteiger partial charge in [0.1, 0.15) is 6.10 Å². The quantitative estimate of drug-likeness (QED) is 0.655. The minimum atomic E-state index is -3.01. The molecule has 1 rings (SSSR count). The Hall–Kier alpha value is 0.260. The second-order valence-electron chi connectivity index (χ2n) is 2.70. The van der Waals surface area contributed by atoms with Crippen LogP contribution in [0.4, 0.5) is 0 Å². The van der Waals surface area contributed by atoms with Gasteiger partial charge in [0.05, 0.1) is 12.7 Å². The third-order valence-electron chi connectivity index (χ3n) is 1.77. The molecule has 0 spiro atoms. The average molecular weight is 246 g/mol. The summed E-state index contributed by atoms with van der Waals surface area (Å²) < 4.78 is 34.9. The zero-order valence-electron chi connectivity index (χ0n) is 7.21. The first kappa shape index (κ1) is 12.3. The van der Waals surface area contributed by atoms with Gasteiger partial charge in [0.25, 0.3) is 0 Å². The third-order valence-corrected chi connectivity index (χ3v) is 2.69. The Balaban J connectivity index is 2.35. The molecule has 1 fully saturated rings. The van der Waals surface area contributed by atoms with Crippen LogP contribution in [-0.2, 0) is 22.9 Å². The van der Waals surface area contributed by atoms with E-state index in [0.29, 0.717) is 13.0 Å². The van der Waals surface area contributed by atoms with Crippen LogP contribution in [-0.4, -0.2) is 35.2 Å². The first-order valence-corrected chi connectivity index (χ1v) is 6.49. The zero-order valence-corrected chi connectivity index (χ0v) is 9.21. The smallest absolute Gasteiger partial charge is 0.316 e. The fraction of sp³-hybridized carbons (Fsp3) is 1.00. The molecule has 4 atom stereocenters. The van der Waals surface area contributed by atoms with E-state index in [0.717, 1.165) is 0 Å². The van der Waals surface area contributed by atoms with E-state index in [4.69, 9.17) is 14.5 Å². The normalized spacial score (nSPS) is 31.6. The highest BCUT2D eigenvalue weighted by atomic mass is 31.1. The van der Waals surface area contributed by atoms with Crippen LogP contribution in [0.1, 0.15) is 6.42 Å². The molecule has 1 heterocycles. The lowest BCUT2D eigenvalue weighted by atomic mass is 10.2. The summed E-state index contributed by atoms with van der Waals surface area (Å²) in [5.41, 5.74) is 0. The molecule has 1 saturated heterocycles. The molecular formula is C5H12O7P2. The van der Waals surface area contributed by atoms with Crippen molar-refractivity contribution in [1.82, 2.24) is 0 Å². The Morgan fingerprint density at radius 1 is 1.36 bits per heavy atom. The van der Waals surface area contributed by atoms with Crippen molar-refractivity contribution in [3.8, 4) is 0 Å². The molecule has 0 aromatic heterocycles. The molecule has 4 unspecified atom stereocenters. The number of hydrogen-bond donors (Lipinski definition) is 2. The van der Waals surface area contributed by atoms with Gasteiger partial charge in [0.2, 0.25) is 0 Å². The Morgan fingerprint density at radius 2 is 2.07 bits per heavy atom. The topological polar surface area (TPSA) is 102 Å². The Morgan fingerprint density at radius 3 is 2.64 bits per heavy atom. The lowest BCUT2D eigenvalue weighted by Crippen LogP contribution is -2.26. The molecule has 9 heteroatoms. The molecule has 0 saturated carbocycles. The van der Waals surface area contributed by atoms with Crippen molar-refractivity contribution in [3.63, 3.8) is 0 Å². The number of hydrogen-bond acceptors (Lipinski definition) is 5. The van der Waals surface area contributed by atoms with Crippen molar-refractivity contribution in [2.24, 2.45) is 0 Å². The minimum Gasteiger partial charge on any atom is -0.373 e. The fourth-order valence-corrected chi connectivity index (χ4v) is 2.04. The predicted molar refractivity (Wildman–Crippen MR) is 47.6 cm³/mol. The molecule has 1 aliphatic heterocycles. The predicted octanol–water partition coefficient (Wildman–Crippen LogP) is -0.0589. The first-order valence-electron chi connectivity index (χ1n) is 3.96. The van der Waals surface area contributed by atoms with Crippen molar-refractivity contribution in [1.29, 1.82) is 0 Å². The summed E-state index contributed by atoms with van der Waals surface area (Å²) in [4.78, 5) is 16.9. The summed E-state index contributed by atoms with van der Waals surface area (Å²) in [6, 6.07) is 0. The lowest BCUT2D eigenvalue weighted by molar-refractivity contribution is 0.0186. The molecule has 7 nitrogen and oxygen atoms in total. The Kier molecular flexibility index (Phi) is 5.26. The second kappa shape index (κ2) is 5.98. The molecule has 84 valence electrons. The molecule has 0 radical (unpaired) electrons. The van der Waals surface area contributed by atoms with Crippen LogP contribution in [0.15, 0.2) is 0 Å². The van der Waals surface area contributed by atoms with E-state index < -0.39 is 28.7 Å². The van der Waals surface area contributed by atoms with Gasteiger partial charge in [-0.15, -0.1) is 0 Å². The van der Waals surface area contributed by atoms with E-state index in [1.807, 2.05) is 0 Å². The van der Waals surface area contributed by atoms with Gasteiger partial charge in [0, 0.05) is 13.0 Å². The van der Waals surface area contributed by atoms with Crippen LogP contribution in [0.2, 0.25) is 0 Å². The molecule has 1 aliphatic rings. The third kappa shape index (κ3) is 4.19. The molecule has 0 amide bonds. The molecule has 0 aromatic carbocycles.